The summed E-state index contributed by atoms with van der Waals surface area (Å²) in [6, 6.07) is 17.3. The lowest BCUT2D eigenvalue weighted by Crippen LogP contribution is -2.14. The van der Waals surface area contributed by atoms with Crippen LogP contribution in [0.3, 0.4) is 0 Å². The number of hydrogen-bond donors (Lipinski definition) is 2. The number of Topliss-reactive ketones (excluding diaryl/α,β-unsaturated/α-hetero) is 1. The van der Waals surface area contributed by atoms with Crippen molar-refractivity contribution in [2.75, 3.05) is 17.7 Å². The Kier molecular flexibility index (Phi) is 5.41. The van der Waals surface area contributed by atoms with Gasteiger partial charge in [0.05, 0.1) is 12.7 Å². The maximum atomic E-state index is 12.4. The van der Waals surface area contributed by atoms with Gasteiger partial charge in [0, 0.05) is 11.3 Å². The van der Waals surface area contributed by atoms with Gasteiger partial charge in [0.1, 0.15) is 5.75 Å². The Morgan fingerprint density at radius 3 is 2.19 bits per heavy atom. The number of ketones is 1. The van der Waals surface area contributed by atoms with Crippen molar-refractivity contribution in [3.8, 4) is 5.75 Å². The third-order valence-electron chi connectivity index (χ3n) is 3.82. The van der Waals surface area contributed by atoms with Crippen LogP contribution in [0.4, 0.5) is 17.3 Å². The van der Waals surface area contributed by atoms with E-state index in [1.165, 1.54) is 14.0 Å². The van der Waals surface area contributed by atoms with Gasteiger partial charge >= 0.3 is 0 Å². The van der Waals surface area contributed by atoms with Crippen molar-refractivity contribution < 1.29 is 14.3 Å². The second-order valence-electron chi connectivity index (χ2n) is 5.72. The van der Waals surface area contributed by atoms with Crippen molar-refractivity contribution in [1.82, 2.24) is 10.2 Å². The van der Waals surface area contributed by atoms with Crippen LogP contribution in [0.1, 0.15) is 27.6 Å². The second kappa shape index (κ2) is 8.09. The highest BCUT2D eigenvalue weighted by atomic mass is 16.5. The summed E-state index contributed by atoms with van der Waals surface area (Å²) < 4.78 is 5.18. The average molecular weight is 362 g/mol. The molecule has 0 aliphatic heterocycles. The first-order valence-electron chi connectivity index (χ1n) is 8.23. The molecule has 27 heavy (non-hydrogen) atoms. The first-order chi connectivity index (χ1) is 13.1. The van der Waals surface area contributed by atoms with E-state index in [-0.39, 0.29) is 11.7 Å². The number of carbonyl (C=O) groups excluding carboxylic acids is 2. The molecule has 2 N–H and O–H groups in total. The van der Waals surface area contributed by atoms with E-state index in [1.807, 2.05) is 0 Å². The molecule has 0 atom stereocenters. The zero-order chi connectivity index (χ0) is 19.2. The van der Waals surface area contributed by atoms with Gasteiger partial charge in [0.25, 0.3) is 5.91 Å². The molecule has 7 nitrogen and oxygen atoms in total. The number of methoxy groups -OCH3 is 1. The average Bonchev–Trinajstić information content (AvgIpc) is 2.69. The largest absolute Gasteiger partial charge is 0.496 e. The van der Waals surface area contributed by atoms with Gasteiger partial charge in [-0.05, 0) is 55.5 Å². The smallest absolute Gasteiger partial charge is 0.260 e. The van der Waals surface area contributed by atoms with Crippen LogP contribution >= 0.6 is 0 Å². The molecule has 0 spiro atoms. The van der Waals surface area contributed by atoms with Crippen LogP contribution in [0.25, 0.3) is 0 Å². The minimum absolute atomic E-state index is 0.0106. The minimum Gasteiger partial charge on any atom is -0.496 e. The number of hydrogen-bond acceptors (Lipinski definition) is 6. The van der Waals surface area contributed by atoms with E-state index in [9.17, 15) is 9.59 Å². The Hall–Kier alpha value is -3.74. The van der Waals surface area contributed by atoms with Gasteiger partial charge in [0.2, 0.25) is 0 Å². The molecule has 3 aromatic rings. The number of amides is 1. The van der Waals surface area contributed by atoms with Crippen LogP contribution in [0.15, 0.2) is 60.7 Å². The van der Waals surface area contributed by atoms with Crippen molar-refractivity contribution in [1.29, 1.82) is 0 Å². The highest BCUT2D eigenvalue weighted by Gasteiger charge is 2.12. The molecule has 1 aromatic heterocycles. The van der Waals surface area contributed by atoms with Crippen molar-refractivity contribution in [2.24, 2.45) is 0 Å². The van der Waals surface area contributed by atoms with Gasteiger partial charge < -0.3 is 15.4 Å². The molecule has 0 bridgehead atoms. The van der Waals surface area contributed by atoms with E-state index in [0.717, 1.165) is 5.69 Å². The predicted octanol–water partition coefficient (Wildman–Crippen LogP) is 3.68. The van der Waals surface area contributed by atoms with Gasteiger partial charge in [-0.25, -0.2) is 0 Å². The number of carbonyl (C=O) groups is 2. The minimum atomic E-state index is -0.331. The molecule has 0 saturated heterocycles. The lowest BCUT2D eigenvalue weighted by molar-refractivity contribution is 0.101. The maximum absolute atomic E-state index is 12.4. The predicted molar refractivity (Wildman–Crippen MR) is 103 cm³/mol. The molecule has 0 unspecified atom stereocenters. The standard InChI is InChI=1S/C20H18N4O3/c1-13(25)14-7-9-15(10-8-14)21-18-11-12-19(24-23-18)22-20(26)16-5-3-4-6-17(16)27-2/h3-12H,1-2H3,(H,21,23)(H,22,24,26). The fourth-order valence-corrected chi connectivity index (χ4v) is 2.42. The Labute approximate surface area is 156 Å². The highest BCUT2D eigenvalue weighted by molar-refractivity contribution is 6.05. The van der Waals surface area contributed by atoms with E-state index in [4.69, 9.17) is 4.74 Å². The molecule has 0 aliphatic rings. The van der Waals surface area contributed by atoms with Crippen molar-refractivity contribution in [3.05, 3.63) is 71.8 Å². The Morgan fingerprint density at radius 1 is 0.889 bits per heavy atom. The van der Waals surface area contributed by atoms with Crippen LogP contribution < -0.4 is 15.4 Å². The molecule has 7 heteroatoms. The van der Waals surface area contributed by atoms with E-state index in [1.54, 1.807) is 60.7 Å². The van der Waals surface area contributed by atoms with E-state index < -0.39 is 0 Å². The van der Waals surface area contributed by atoms with E-state index in [0.29, 0.717) is 28.5 Å². The number of benzene rings is 2. The topological polar surface area (TPSA) is 93.2 Å². The summed E-state index contributed by atoms with van der Waals surface area (Å²) in [5.41, 5.74) is 1.83. The third kappa shape index (κ3) is 4.46. The Morgan fingerprint density at radius 2 is 1.56 bits per heavy atom. The molecular formula is C20H18N4O3. The molecule has 0 fully saturated rings. The van der Waals surface area contributed by atoms with Crippen LogP contribution in [-0.4, -0.2) is 29.0 Å². The summed E-state index contributed by atoms with van der Waals surface area (Å²) in [4.78, 5) is 23.7. The van der Waals surface area contributed by atoms with Crippen LogP contribution in [0, 0.1) is 0 Å². The fraction of sp³-hybridized carbons (Fsp3) is 0.100. The van der Waals surface area contributed by atoms with Crippen LogP contribution in [-0.2, 0) is 0 Å². The lowest BCUT2D eigenvalue weighted by atomic mass is 10.1. The summed E-state index contributed by atoms with van der Waals surface area (Å²) >= 11 is 0. The van der Waals surface area contributed by atoms with Crippen LogP contribution in [0.5, 0.6) is 5.75 Å². The van der Waals surface area contributed by atoms with Crippen molar-refractivity contribution in [3.63, 3.8) is 0 Å². The second-order valence-corrected chi connectivity index (χ2v) is 5.72. The fourth-order valence-electron chi connectivity index (χ4n) is 2.42. The van der Waals surface area contributed by atoms with Gasteiger partial charge in [-0.1, -0.05) is 12.1 Å². The van der Waals surface area contributed by atoms with Crippen LogP contribution in [0.2, 0.25) is 0 Å². The monoisotopic (exact) mass is 362 g/mol. The SMILES string of the molecule is COc1ccccc1C(=O)Nc1ccc(Nc2ccc(C(C)=O)cc2)nn1. The molecule has 0 radical (unpaired) electrons. The number of aromatic nitrogens is 2. The van der Waals surface area contributed by atoms with Crippen molar-refractivity contribution in [2.45, 2.75) is 6.92 Å². The normalized spacial score (nSPS) is 10.1. The van der Waals surface area contributed by atoms with E-state index in [2.05, 4.69) is 20.8 Å². The van der Waals surface area contributed by atoms with Gasteiger partial charge in [0.15, 0.2) is 17.4 Å². The highest BCUT2D eigenvalue weighted by Crippen LogP contribution is 2.19. The number of rotatable bonds is 6. The molecule has 0 saturated carbocycles. The first kappa shape index (κ1) is 18.1. The number of ether oxygens (including phenoxy) is 1. The number of para-hydroxylation sites is 1. The zero-order valence-electron chi connectivity index (χ0n) is 14.9. The summed E-state index contributed by atoms with van der Waals surface area (Å²) in [6.07, 6.45) is 0. The third-order valence-corrected chi connectivity index (χ3v) is 3.82. The molecule has 2 aromatic carbocycles. The molecule has 3 rings (SSSR count). The molecule has 136 valence electrons. The summed E-state index contributed by atoms with van der Waals surface area (Å²) in [5.74, 6) is 0.998. The molecule has 0 aliphatic carbocycles. The van der Waals surface area contributed by atoms with Gasteiger partial charge in [-0.15, -0.1) is 10.2 Å². The van der Waals surface area contributed by atoms with E-state index >= 15 is 0 Å². The molecule has 1 heterocycles. The summed E-state index contributed by atoms with van der Waals surface area (Å²) in [7, 11) is 1.51. The van der Waals surface area contributed by atoms with Crippen molar-refractivity contribution >= 4 is 29.0 Å². The molecule has 1 amide bonds. The quantitative estimate of drug-likeness (QED) is 0.650. The first-order valence-corrected chi connectivity index (χ1v) is 8.23. The number of anilines is 3. The number of nitrogens with one attached hydrogen (secondary N) is 2. The van der Waals surface area contributed by atoms with Gasteiger partial charge in [-0.3, -0.25) is 9.59 Å². The summed E-state index contributed by atoms with van der Waals surface area (Å²) in [5, 5.41) is 13.8. The number of nitrogens with zero attached hydrogens (tertiary/aromatic N) is 2. The lowest BCUT2D eigenvalue weighted by Gasteiger charge is -2.09. The Bertz CT molecular complexity index is 954. The van der Waals surface area contributed by atoms with Gasteiger partial charge in [-0.2, -0.15) is 0 Å². The zero-order valence-corrected chi connectivity index (χ0v) is 14.9. The Balaban J connectivity index is 1.66. The maximum Gasteiger partial charge on any atom is 0.260 e. The molecular weight excluding hydrogens is 344 g/mol. The summed E-state index contributed by atoms with van der Waals surface area (Å²) in [6.45, 7) is 1.52.